The van der Waals surface area contributed by atoms with Gasteiger partial charge in [-0.05, 0) is 31.4 Å². The molecule has 0 aliphatic carbocycles. The van der Waals surface area contributed by atoms with Crippen LogP contribution in [0.1, 0.15) is 52.9 Å². The Morgan fingerprint density at radius 2 is 2.04 bits per heavy atom. The second-order valence-corrected chi connectivity index (χ2v) is 7.51. The topological polar surface area (TPSA) is 50.5 Å². The molecule has 5 nitrogen and oxygen atoms in total. The maximum atomic E-state index is 13.2. The average Bonchev–Trinajstić information content (AvgIpc) is 3.14. The number of nitrogens with zero attached hydrogens (tertiary/aromatic N) is 4. The summed E-state index contributed by atoms with van der Waals surface area (Å²) in [5, 5.41) is 8.52. The summed E-state index contributed by atoms with van der Waals surface area (Å²) >= 11 is 1.44. The van der Waals surface area contributed by atoms with E-state index in [-0.39, 0.29) is 11.8 Å². The summed E-state index contributed by atoms with van der Waals surface area (Å²) < 4.78 is 2.03. The molecule has 0 atom stereocenters. The molecule has 3 aromatic rings. The summed E-state index contributed by atoms with van der Waals surface area (Å²) in [4.78, 5) is 16.7. The number of aromatic nitrogens is 3. The van der Waals surface area contributed by atoms with Crippen molar-refractivity contribution >= 4 is 27.9 Å². The van der Waals surface area contributed by atoms with Crippen LogP contribution < -0.4 is 4.90 Å². The number of rotatable bonds is 2. The van der Waals surface area contributed by atoms with Gasteiger partial charge in [0.25, 0.3) is 5.91 Å². The number of amides is 1. The molecule has 1 aliphatic heterocycles. The van der Waals surface area contributed by atoms with E-state index in [2.05, 4.69) is 30.1 Å². The van der Waals surface area contributed by atoms with Gasteiger partial charge in [-0.3, -0.25) is 9.20 Å². The van der Waals surface area contributed by atoms with Gasteiger partial charge in [0.1, 0.15) is 10.7 Å². The first-order valence-electron chi connectivity index (χ1n) is 8.32. The largest absolute Gasteiger partial charge is 0.307 e. The van der Waals surface area contributed by atoms with Crippen LogP contribution in [0.25, 0.3) is 4.96 Å². The van der Waals surface area contributed by atoms with E-state index in [9.17, 15) is 4.79 Å². The first kappa shape index (κ1) is 15.3. The molecule has 0 unspecified atom stereocenters. The second kappa shape index (κ2) is 5.70. The third-order valence-electron chi connectivity index (χ3n) is 4.58. The monoisotopic (exact) mass is 340 g/mol. The van der Waals surface area contributed by atoms with Crippen LogP contribution >= 0.6 is 11.3 Å². The van der Waals surface area contributed by atoms with Crippen LogP contribution in [0.2, 0.25) is 0 Å². The number of carbonyl (C=O) groups is 1. The zero-order valence-electron chi connectivity index (χ0n) is 14.1. The molecule has 2 aromatic heterocycles. The molecule has 0 bridgehead atoms. The molecule has 0 radical (unpaired) electrons. The van der Waals surface area contributed by atoms with Gasteiger partial charge in [0, 0.05) is 23.8 Å². The number of carbonyl (C=O) groups excluding carboxylic acids is 1. The second-order valence-electron chi connectivity index (χ2n) is 6.54. The van der Waals surface area contributed by atoms with Crippen LogP contribution in [0.4, 0.5) is 5.69 Å². The smallest absolute Gasteiger partial charge is 0.270 e. The van der Waals surface area contributed by atoms with Gasteiger partial charge >= 0.3 is 0 Å². The number of anilines is 1. The fraction of sp³-hybridized carbons (Fsp3) is 0.389. The Labute approximate surface area is 144 Å². The molecule has 124 valence electrons. The lowest BCUT2D eigenvalue weighted by atomic mass is 10.0. The Morgan fingerprint density at radius 3 is 2.83 bits per heavy atom. The zero-order chi connectivity index (χ0) is 16.8. The summed E-state index contributed by atoms with van der Waals surface area (Å²) in [7, 11) is 0. The van der Waals surface area contributed by atoms with E-state index in [0.29, 0.717) is 0 Å². The normalized spacial score (nSPS) is 14.4. The lowest BCUT2D eigenvalue weighted by molar-refractivity contribution is 0.0988. The number of para-hydroxylation sites is 1. The molecule has 3 heterocycles. The highest BCUT2D eigenvalue weighted by atomic mass is 32.1. The Hall–Kier alpha value is -2.21. The Morgan fingerprint density at radius 1 is 1.25 bits per heavy atom. The number of hydrogen-bond acceptors (Lipinski definition) is 4. The maximum Gasteiger partial charge on any atom is 0.270 e. The summed E-state index contributed by atoms with van der Waals surface area (Å²) in [6, 6.07) is 8.20. The van der Waals surface area contributed by atoms with Crippen molar-refractivity contribution in [1.29, 1.82) is 0 Å². The van der Waals surface area contributed by atoms with Crippen molar-refractivity contribution < 1.29 is 4.79 Å². The number of fused-ring (bicyclic) bond motifs is 2. The van der Waals surface area contributed by atoms with Crippen LogP contribution in [0, 0.1) is 6.92 Å². The highest BCUT2D eigenvalue weighted by molar-refractivity contribution is 7.19. The van der Waals surface area contributed by atoms with Gasteiger partial charge in [-0.1, -0.05) is 43.4 Å². The van der Waals surface area contributed by atoms with Crippen LogP contribution in [0.3, 0.4) is 0 Å². The fourth-order valence-electron chi connectivity index (χ4n) is 3.37. The molecule has 24 heavy (non-hydrogen) atoms. The van der Waals surface area contributed by atoms with E-state index < -0.39 is 0 Å². The van der Waals surface area contributed by atoms with E-state index in [1.807, 2.05) is 34.4 Å². The third kappa shape index (κ3) is 2.24. The van der Waals surface area contributed by atoms with Crippen LogP contribution in [-0.4, -0.2) is 27.0 Å². The van der Waals surface area contributed by atoms with Gasteiger partial charge < -0.3 is 4.90 Å². The molecule has 1 amide bonds. The van der Waals surface area contributed by atoms with Crippen molar-refractivity contribution in [2.24, 2.45) is 0 Å². The molecule has 0 saturated carbocycles. The standard InChI is InChI=1S/C18H20N4OS/c1-11(2)16-19-20-18-22(16)12(3)15(24-18)17(23)21-10-6-8-13-7-4-5-9-14(13)21/h4-5,7,9,11H,6,8,10H2,1-3H3. The highest BCUT2D eigenvalue weighted by Crippen LogP contribution is 2.32. The van der Waals surface area contributed by atoms with Crippen molar-refractivity contribution in [2.75, 3.05) is 11.4 Å². The molecule has 4 rings (SSSR count). The first-order chi connectivity index (χ1) is 11.6. The number of hydrogen-bond donors (Lipinski definition) is 0. The molecule has 0 fully saturated rings. The fourth-order valence-corrected chi connectivity index (χ4v) is 4.39. The van der Waals surface area contributed by atoms with Crippen LogP contribution in [-0.2, 0) is 6.42 Å². The zero-order valence-corrected chi connectivity index (χ0v) is 14.9. The minimum atomic E-state index is 0.0739. The SMILES string of the molecule is Cc1c(C(=O)N2CCCc3ccccc32)sc2nnc(C(C)C)n12. The van der Waals surface area contributed by atoms with Crippen molar-refractivity contribution in [3.05, 3.63) is 46.2 Å². The summed E-state index contributed by atoms with van der Waals surface area (Å²) in [5.74, 6) is 1.26. The van der Waals surface area contributed by atoms with Crippen molar-refractivity contribution in [3.63, 3.8) is 0 Å². The van der Waals surface area contributed by atoms with Crippen molar-refractivity contribution in [2.45, 2.75) is 39.5 Å². The van der Waals surface area contributed by atoms with E-state index >= 15 is 0 Å². The Balaban J connectivity index is 1.79. The minimum Gasteiger partial charge on any atom is -0.307 e. The van der Waals surface area contributed by atoms with Gasteiger partial charge in [-0.2, -0.15) is 0 Å². The Bertz CT molecular complexity index is 924. The van der Waals surface area contributed by atoms with Gasteiger partial charge in [-0.15, -0.1) is 10.2 Å². The average molecular weight is 340 g/mol. The predicted molar refractivity (Wildman–Crippen MR) is 96.1 cm³/mol. The minimum absolute atomic E-state index is 0.0739. The van der Waals surface area contributed by atoms with E-state index in [1.165, 1.54) is 16.9 Å². The molecule has 1 aromatic carbocycles. The van der Waals surface area contributed by atoms with Crippen molar-refractivity contribution in [3.8, 4) is 0 Å². The molecule has 6 heteroatoms. The first-order valence-corrected chi connectivity index (χ1v) is 9.13. The van der Waals surface area contributed by atoms with Gasteiger partial charge in [0.15, 0.2) is 0 Å². The quantitative estimate of drug-likeness (QED) is 0.713. The van der Waals surface area contributed by atoms with Gasteiger partial charge in [-0.25, -0.2) is 0 Å². The number of aryl methyl sites for hydroxylation is 2. The molecule has 0 saturated heterocycles. The molecular formula is C18H20N4OS. The lowest BCUT2D eigenvalue weighted by Gasteiger charge is -2.29. The molecular weight excluding hydrogens is 320 g/mol. The summed E-state index contributed by atoms with van der Waals surface area (Å²) in [5.41, 5.74) is 3.23. The molecule has 0 N–H and O–H groups in total. The van der Waals surface area contributed by atoms with Gasteiger partial charge in [0.05, 0.1) is 0 Å². The van der Waals surface area contributed by atoms with Crippen molar-refractivity contribution in [1.82, 2.24) is 14.6 Å². The molecule has 1 aliphatic rings. The lowest BCUT2D eigenvalue weighted by Crippen LogP contribution is -2.35. The van der Waals surface area contributed by atoms with E-state index in [4.69, 9.17) is 0 Å². The third-order valence-corrected chi connectivity index (χ3v) is 5.70. The van der Waals surface area contributed by atoms with Gasteiger partial charge in [0.2, 0.25) is 4.96 Å². The number of thiazole rings is 1. The molecule has 0 spiro atoms. The Kier molecular flexibility index (Phi) is 3.64. The maximum absolute atomic E-state index is 13.2. The highest BCUT2D eigenvalue weighted by Gasteiger charge is 2.28. The summed E-state index contributed by atoms with van der Waals surface area (Å²) in [6.45, 7) is 6.94. The van der Waals surface area contributed by atoms with E-state index in [0.717, 1.165) is 46.4 Å². The predicted octanol–water partition coefficient (Wildman–Crippen LogP) is 3.82. The van der Waals surface area contributed by atoms with Crippen LogP contribution in [0.15, 0.2) is 24.3 Å². The van der Waals surface area contributed by atoms with Crippen LogP contribution in [0.5, 0.6) is 0 Å². The van der Waals surface area contributed by atoms with E-state index in [1.54, 1.807) is 0 Å². The summed E-state index contributed by atoms with van der Waals surface area (Å²) in [6.07, 6.45) is 2.04. The number of benzene rings is 1.